The topological polar surface area (TPSA) is 36.3 Å². The van der Waals surface area contributed by atoms with Gasteiger partial charge < -0.3 is 4.74 Å². The van der Waals surface area contributed by atoms with Gasteiger partial charge in [-0.25, -0.2) is 0 Å². The van der Waals surface area contributed by atoms with E-state index in [9.17, 15) is 0 Å². The van der Waals surface area contributed by atoms with Crippen LogP contribution in [0.15, 0.2) is 18.2 Å². The van der Waals surface area contributed by atoms with Crippen molar-refractivity contribution in [1.29, 1.82) is 5.26 Å². The molecule has 0 N–H and O–H groups in total. The van der Waals surface area contributed by atoms with Gasteiger partial charge >= 0.3 is 0 Å². The zero-order chi connectivity index (χ0) is 12.8. The molecule has 0 aromatic heterocycles. The molecule has 1 aromatic rings. The zero-order valence-electron chi connectivity index (χ0n) is 10.4. The molecule has 0 spiro atoms. The molecule has 96 valence electrons. The average Bonchev–Trinajstić information content (AvgIpc) is 2.40. The van der Waals surface area contributed by atoms with Gasteiger partial charge in [-0.2, -0.15) is 5.26 Å². The van der Waals surface area contributed by atoms with E-state index in [4.69, 9.17) is 21.6 Å². The number of ether oxygens (including phenoxy) is 1. The summed E-state index contributed by atoms with van der Waals surface area (Å²) < 4.78 is 5.65. The largest absolute Gasteiger partial charge is 0.492 e. The SMILES string of the molecule is N#Cc1ccc(OCCN2CCCCC2)cc1Cl. The molecule has 18 heavy (non-hydrogen) atoms. The number of rotatable bonds is 4. The third-order valence-electron chi connectivity index (χ3n) is 3.19. The normalized spacial score (nSPS) is 16.2. The second-order valence-electron chi connectivity index (χ2n) is 4.50. The van der Waals surface area contributed by atoms with Crippen LogP contribution in [0.3, 0.4) is 0 Å². The Morgan fingerprint density at radius 1 is 1.28 bits per heavy atom. The fourth-order valence-corrected chi connectivity index (χ4v) is 2.36. The van der Waals surface area contributed by atoms with Crippen LogP contribution >= 0.6 is 11.6 Å². The predicted octanol–water partition coefficient (Wildman–Crippen LogP) is 3.08. The molecule has 2 rings (SSSR count). The van der Waals surface area contributed by atoms with Gasteiger partial charge in [-0.15, -0.1) is 0 Å². The van der Waals surface area contributed by atoms with E-state index in [1.165, 1.54) is 32.4 Å². The zero-order valence-corrected chi connectivity index (χ0v) is 11.1. The van der Waals surface area contributed by atoms with Crippen LogP contribution in [0.25, 0.3) is 0 Å². The summed E-state index contributed by atoms with van der Waals surface area (Å²) in [6.07, 6.45) is 3.94. The minimum absolute atomic E-state index is 0.452. The molecular weight excluding hydrogens is 248 g/mol. The Bertz CT molecular complexity index is 436. The average molecular weight is 265 g/mol. The van der Waals surface area contributed by atoms with Gasteiger partial charge in [0, 0.05) is 12.6 Å². The van der Waals surface area contributed by atoms with Gasteiger partial charge in [0.2, 0.25) is 0 Å². The summed E-state index contributed by atoms with van der Waals surface area (Å²) in [5, 5.41) is 9.23. The monoisotopic (exact) mass is 264 g/mol. The molecule has 1 fully saturated rings. The summed E-state index contributed by atoms with van der Waals surface area (Å²) in [4.78, 5) is 2.43. The van der Waals surface area contributed by atoms with Crippen LogP contribution in [0.2, 0.25) is 5.02 Å². The van der Waals surface area contributed by atoms with Crippen molar-refractivity contribution in [2.24, 2.45) is 0 Å². The Balaban J connectivity index is 1.79. The fraction of sp³-hybridized carbons (Fsp3) is 0.500. The first-order chi connectivity index (χ1) is 8.79. The van der Waals surface area contributed by atoms with E-state index in [1.54, 1.807) is 18.2 Å². The Morgan fingerprint density at radius 3 is 2.72 bits per heavy atom. The smallest absolute Gasteiger partial charge is 0.120 e. The summed E-state index contributed by atoms with van der Waals surface area (Å²) >= 11 is 5.94. The van der Waals surface area contributed by atoms with E-state index in [0.29, 0.717) is 17.2 Å². The van der Waals surface area contributed by atoms with Crippen LogP contribution in [0, 0.1) is 11.3 Å². The second kappa shape index (κ2) is 6.63. The number of benzene rings is 1. The lowest BCUT2D eigenvalue weighted by Crippen LogP contribution is -2.33. The maximum absolute atomic E-state index is 8.77. The van der Waals surface area contributed by atoms with E-state index in [1.807, 2.05) is 6.07 Å². The molecule has 1 heterocycles. The van der Waals surface area contributed by atoms with Crippen LogP contribution in [0.4, 0.5) is 0 Å². The summed E-state index contributed by atoms with van der Waals surface area (Å²) in [5.74, 6) is 0.732. The molecule has 1 aromatic carbocycles. The van der Waals surface area contributed by atoms with Crippen LogP contribution in [0.1, 0.15) is 24.8 Å². The molecule has 3 nitrogen and oxygen atoms in total. The van der Waals surface area contributed by atoms with Gasteiger partial charge in [0.25, 0.3) is 0 Å². The summed E-state index contributed by atoms with van der Waals surface area (Å²) in [7, 11) is 0. The van der Waals surface area contributed by atoms with E-state index in [2.05, 4.69) is 4.90 Å². The van der Waals surface area contributed by atoms with E-state index in [-0.39, 0.29) is 0 Å². The number of piperidine rings is 1. The lowest BCUT2D eigenvalue weighted by molar-refractivity contribution is 0.183. The second-order valence-corrected chi connectivity index (χ2v) is 4.91. The molecule has 0 amide bonds. The molecule has 0 unspecified atom stereocenters. The molecular formula is C14H17ClN2O. The Morgan fingerprint density at radius 2 is 2.06 bits per heavy atom. The molecule has 0 aliphatic carbocycles. The number of hydrogen-bond donors (Lipinski definition) is 0. The molecule has 0 radical (unpaired) electrons. The van der Waals surface area contributed by atoms with E-state index < -0.39 is 0 Å². The quantitative estimate of drug-likeness (QED) is 0.839. The molecule has 0 atom stereocenters. The van der Waals surface area contributed by atoms with Crippen LogP contribution < -0.4 is 4.74 Å². The van der Waals surface area contributed by atoms with Crippen molar-refractivity contribution < 1.29 is 4.74 Å². The lowest BCUT2D eigenvalue weighted by atomic mass is 10.1. The summed E-state index contributed by atoms with van der Waals surface area (Å²) in [6.45, 7) is 3.98. The van der Waals surface area contributed by atoms with Gasteiger partial charge in [0.05, 0.1) is 10.6 Å². The molecule has 1 aliphatic rings. The highest BCUT2D eigenvalue weighted by molar-refractivity contribution is 6.31. The standard InChI is InChI=1S/C14H17ClN2O/c15-14-10-13(5-4-12(14)11-16)18-9-8-17-6-2-1-3-7-17/h4-5,10H,1-3,6-9H2. The molecule has 4 heteroatoms. The van der Waals surface area contributed by atoms with Crippen molar-refractivity contribution in [2.45, 2.75) is 19.3 Å². The van der Waals surface area contributed by atoms with Gasteiger partial charge in [-0.05, 0) is 38.1 Å². The van der Waals surface area contributed by atoms with Crippen molar-refractivity contribution in [3.05, 3.63) is 28.8 Å². The number of nitrogens with zero attached hydrogens (tertiary/aromatic N) is 2. The van der Waals surface area contributed by atoms with Crippen molar-refractivity contribution in [1.82, 2.24) is 4.90 Å². The number of nitriles is 1. The minimum Gasteiger partial charge on any atom is -0.492 e. The Labute approximate surface area is 113 Å². The Kier molecular flexibility index (Phi) is 4.86. The lowest BCUT2D eigenvalue weighted by Gasteiger charge is -2.26. The van der Waals surface area contributed by atoms with Crippen LogP contribution in [-0.4, -0.2) is 31.1 Å². The van der Waals surface area contributed by atoms with Crippen LogP contribution in [-0.2, 0) is 0 Å². The first-order valence-corrected chi connectivity index (χ1v) is 6.72. The third kappa shape index (κ3) is 3.63. The van der Waals surface area contributed by atoms with E-state index >= 15 is 0 Å². The van der Waals surface area contributed by atoms with Crippen molar-refractivity contribution >= 4 is 11.6 Å². The van der Waals surface area contributed by atoms with E-state index in [0.717, 1.165) is 12.3 Å². The first kappa shape index (κ1) is 13.2. The minimum atomic E-state index is 0.452. The maximum Gasteiger partial charge on any atom is 0.120 e. The van der Waals surface area contributed by atoms with Crippen molar-refractivity contribution in [3.8, 4) is 11.8 Å². The highest BCUT2D eigenvalue weighted by Gasteiger charge is 2.09. The Hall–Kier alpha value is -1.24. The number of likely N-dealkylation sites (tertiary alicyclic amines) is 1. The fourth-order valence-electron chi connectivity index (χ4n) is 2.15. The third-order valence-corrected chi connectivity index (χ3v) is 3.50. The molecule has 0 bridgehead atoms. The molecule has 0 saturated carbocycles. The first-order valence-electron chi connectivity index (χ1n) is 6.34. The summed E-state index contributed by atoms with van der Waals surface area (Å²) in [6, 6.07) is 7.22. The van der Waals surface area contributed by atoms with Gasteiger partial charge in [-0.3, -0.25) is 4.90 Å². The summed E-state index contributed by atoms with van der Waals surface area (Å²) in [5.41, 5.74) is 0.486. The highest BCUT2D eigenvalue weighted by atomic mass is 35.5. The highest BCUT2D eigenvalue weighted by Crippen LogP contribution is 2.21. The van der Waals surface area contributed by atoms with Gasteiger partial charge in [0.15, 0.2) is 0 Å². The van der Waals surface area contributed by atoms with Crippen molar-refractivity contribution in [2.75, 3.05) is 26.2 Å². The number of halogens is 1. The van der Waals surface area contributed by atoms with Crippen molar-refractivity contribution in [3.63, 3.8) is 0 Å². The maximum atomic E-state index is 8.77. The van der Waals surface area contributed by atoms with Gasteiger partial charge in [-0.1, -0.05) is 18.0 Å². The number of hydrogen-bond acceptors (Lipinski definition) is 3. The predicted molar refractivity (Wildman–Crippen MR) is 72.0 cm³/mol. The van der Waals surface area contributed by atoms with Gasteiger partial charge in [0.1, 0.15) is 18.4 Å². The molecule has 1 saturated heterocycles. The molecule has 1 aliphatic heterocycles. The van der Waals surface area contributed by atoms with Crippen LogP contribution in [0.5, 0.6) is 5.75 Å².